The van der Waals surface area contributed by atoms with Crippen LogP contribution in [0.1, 0.15) is 110 Å². The molecule has 0 rings (SSSR count). The molecule has 0 heterocycles. The van der Waals surface area contributed by atoms with Gasteiger partial charge >= 0.3 is 0 Å². The zero-order valence-electron chi connectivity index (χ0n) is 15.1. The summed E-state index contributed by atoms with van der Waals surface area (Å²) in [6.07, 6.45) is 23.0. The summed E-state index contributed by atoms with van der Waals surface area (Å²) in [6.45, 7) is 2.29. The van der Waals surface area contributed by atoms with E-state index < -0.39 is 0 Å². The van der Waals surface area contributed by atoms with Crippen LogP contribution in [0, 0.1) is 0 Å². The van der Waals surface area contributed by atoms with Crippen LogP contribution in [0.25, 0.3) is 0 Å². The average molecular weight is 368 g/mol. The number of hydrogen-bond donors (Lipinski definition) is 0. The summed E-state index contributed by atoms with van der Waals surface area (Å²) in [6, 6.07) is 1.33. The molecule has 0 radical (unpaired) electrons. The molecule has 134 valence electrons. The minimum Gasteiger partial charge on any atom is -0.110 e. The first-order valence-electron chi connectivity index (χ1n) is 10.1. The minimum atomic E-state index is -0.188. The van der Waals surface area contributed by atoms with Crippen LogP contribution in [0.3, 0.4) is 0 Å². The highest BCUT2D eigenvalue weighted by Crippen LogP contribution is 2.14. The van der Waals surface area contributed by atoms with E-state index in [9.17, 15) is 0 Å². The van der Waals surface area contributed by atoms with Crippen molar-refractivity contribution in [3.05, 3.63) is 0 Å². The third-order valence-electron chi connectivity index (χ3n) is 4.53. The fourth-order valence-corrected chi connectivity index (χ4v) is 4.90. The van der Waals surface area contributed by atoms with Crippen molar-refractivity contribution in [3.63, 3.8) is 0 Å². The van der Waals surface area contributed by atoms with Gasteiger partial charge in [-0.2, -0.15) is 0 Å². The van der Waals surface area contributed by atoms with Crippen molar-refractivity contribution >= 4 is 32.7 Å². The molecule has 0 aliphatic rings. The lowest BCUT2D eigenvalue weighted by atomic mass is 10.0. The van der Waals surface area contributed by atoms with Crippen LogP contribution in [0.15, 0.2) is 0 Å². The highest BCUT2D eigenvalue weighted by atomic mass is 35.5. The van der Waals surface area contributed by atoms with Crippen molar-refractivity contribution in [2.24, 2.45) is 0 Å². The predicted octanol–water partition coefficient (Wildman–Crippen LogP) is 7.60. The second kappa shape index (κ2) is 19.8. The van der Waals surface area contributed by atoms with Crippen molar-refractivity contribution in [1.29, 1.82) is 0 Å². The van der Waals surface area contributed by atoms with E-state index in [2.05, 4.69) is 6.92 Å². The van der Waals surface area contributed by atoms with E-state index in [1.807, 2.05) is 0 Å². The summed E-state index contributed by atoms with van der Waals surface area (Å²) in [4.78, 5) is 0. The highest BCUT2D eigenvalue weighted by molar-refractivity contribution is 6.68. The van der Waals surface area contributed by atoms with Crippen molar-refractivity contribution < 1.29 is 0 Å². The first-order chi connectivity index (χ1) is 10.8. The van der Waals surface area contributed by atoms with E-state index in [0.717, 1.165) is 0 Å². The Morgan fingerprint density at radius 2 is 0.864 bits per heavy atom. The Kier molecular flexibility index (Phi) is 20.6. The maximum atomic E-state index is 5.78. The van der Waals surface area contributed by atoms with Crippen molar-refractivity contribution in [1.82, 2.24) is 0 Å². The van der Waals surface area contributed by atoms with Crippen LogP contribution in [0.5, 0.6) is 0 Å². The van der Waals surface area contributed by atoms with E-state index in [1.54, 1.807) is 0 Å². The summed E-state index contributed by atoms with van der Waals surface area (Å²) in [5, 5.41) is 0. The van der Waals surface area contributed by atoms with E-state index in [4.69, 9.17) is 23.2 Å². The molecule has 0 amide bonds. The van der Waals surface area contributed by atoms with Crippen LogP contribution in [-0.2, 0) is 0 Å². The zero-order valence-corrected chi connectivity index (χ0v) is 18.0. The molecule has 0 spiro atoms. The van der Waals surface area contributed by atoms with E-state index in [-0.39, 0.29) is 14.0 Å². The number of alkyl halides is 2. The Bertz CT molecular complexity index is 198. The highest BCUT2D eigenvalue weighted by Gasteiger charge is 1.99. The molecule has 0 saturated heterocycles. The Morgan fingerprint density at radius 1 is 0.545 bits per heavy atom. The normalized spacial score (nSPS) is 12.0. The average Bonchev–Trinajstić information content (AvgIpc) is 2.50. The van der Waals surface area contributed by atoms with Gasteiger partial charge in [0.25, 0.3) is 0 Å². The summed E-state index contributed by atoms with van der Waals surface area (Å²) in [7, 11) is -0.188. The zero-order chi connectivity index (χ0) is 16.3. The fraction of sp³-hybridized carbons (Fsp3) is 1.00. The van der Waals surface area contributed by atoms with Gasteiger partial charge in [-0.25, -0.2) is 0 Å². The molecule has 0 bridgehead atoms. The molecule has 0 nitrogen and oxygen atoms in total. The summed E-state index contributed by atoms with van der Waals surface area (Å²) in [5.41, 5.74) is 0. The molecule has 0 aromatic rings. The summed E-state index contributed by atoms with van der Waals surface area (Å²) in [5.74, 6) is 0. The van der Waals surface area contributed by atoms with Crippen LogP contribution in [-0.4, -0.2) is 14.0 Å². The molecule has 0 unspecified atom stereocenters. The van der Waals surface area contributed by atoms with E-state index >= 15 is 0 Å². The van der Waals surface area contributed by atoms with Crippen LogP contribution >= 0.6 is 23.2 Å². The van der Waals surface area contributed by atoms with Gasteiger partial charge < -0.3 is 0 Å². The maximum absolute atomic E-state index is 5.78. The van der Waals surface area contributed by atoms with Gasteiger partial charge in [-0.1, -0.05) is 116 Å². The molecule has 0 aromatic carbocycles. The first-order valence-corrected chi connectivity index (χ1v) is 12.7. The molecule has 22 heavy (non-hydrogen) atoms. The molecular formula is C19H40Cl2Si. The van der Waals surface area contributed by atoms with Crippen LogP contribution < -0.4 is 0 Å². The lowest BCUT2D eigenvalue weighted by Crippen LogP contribution is -1.99. The lowest BCUT2D eigenvalue weighted by Gasteiger charge is -2.04. The second-order valence-electron chi connectivity index (χ2n) is 6.84. The Balaban J connectivity index is 2.94. The Morgan fingerprint density at radius 3 is 1.18 bits per heavy atom. The smallest absolute Gasteiger partial charge is 0.0908 e. The minimum absolute atomic E-state index is 0.0173. The van der Waals surface area contributed by atoms with Gasteiger partial charge in [-0.05, 0) is 0 Å². The van der Waals surface area contributed by atoms with Gasteiger partial charge in [0.15, 0.2) is 0 Å². The summed E-state index contributed by atoms with van der Waals surface area (Å²) >= 11 is 11.6. The topological polar surface area (TPSA) is 0 Å². The van der Waals surface area contributed by atoms with Crippen LogP contribution in [0.2, 0.25) is 6.04 Å². The number of unbranched alkanes of at least 4 members (excludes halogenated alkanes) is 15. The van der Waals surface area contributed by atoms with Crippen molar-refractivity contribution in [2.45, 2.75) is 120 Å². The predicted molar refractivity (Wildman–Crippen MR) is 108 cm³/mol. The molecule has 0 aromatic heterocycles. The van der Waals surface area contributed by atoms with Gasteiger partial charge in [-0.3, -0.25) is 0 Å². The molecule has 0 saturated carbocycles. The van der Waals surface area contributed by atoms with Crippen LogP contribution in [0.4, 0.5) is 0 Å². The number of halogens is 2. The fourth-order valence-electron chi connectivity index (χ4n) is 3.02. The quantitative estimate of drug-likeness (QED) is 0.133. The molecular weight excluding hydrogens is 327 g/mol. The van der Waals surface area contributed by atoms with E-state index in [1.165, 1.54) is 109 Å². The molecule has 3 heteroatoms. The maximum Gasteiger partial charge on any atom is 0.0908 e. The van der Waals surface area contributed by atoms with Gasteiger partial charge in [0.2, 0.25) is 0 Å². The molecule has 0 aliphatic carbocycles. The third kappa shape index (κ3) is 20.8. The first kappa shape index (κ1) is 22.8. The Hall–Kier alpha value is 0.797. The van der Waals surface area contributed by atoms with Crippen molar-refractivity contribution in [2.75, 3.05) is 0 Å². The number of rotatable bonds is 18. The molecule has 0 N–H and O–H groups in total. The largest absolute Gasteiger partial charge is 0.110 e. The SMILES string of the molecule is CCCCCCCCCCCCCCCCCC[SiH2]C(Cl)Cl. The van der Waals surface area contributed by atoms with E-state index in [0.29, 0.717) is 0 Å². The monoisotopic (exact) mass is 366 g/mol. The lowest BCUT2D eigenvalue weighted by molar-refractivity contribution is 0.531. The van der Waals surface area contributed by atoms with Gasteiger partial charge in [0.1, 0.15) is 0 Å². The summed E-state index contributed by atoms with van der Waals surface area (Å²) < 4.78 is -0.0173. The van der Waals surface area contributed by atoms with Crippen molar-refractivity contribution in [3.8, 4) is 0 Å². The van der Waals surface area contributed by atoms with Gasteiger partial charge in [0, 0.05) is 0 Å². The van der Waals surface area contributed by atoms with Gasteiger partial charge in [0.05, 0.1) is 14.0 Å². The number of hydrogen-bond acceptors (Lipinski definition) is 0. The molecule has 0 fully saturated rings. The Labute approximate surface area is 152 Å². The molecule has 0 atom stereocenters. The molecule has 0 aliphatic heterocycles. The second-order valence-corrected chi connectivity index (χ2v) is 11.2. The standard InChI is InChI=1S/C19H40Cl2Si/c1-2-3-4-5-6-7-8-9-10-11-12-13-14-15-16-17-18-22-19(20)21/h19H,2-18,22H2,1H3. The van der Waals surface area contributed by atoms with Gasteiger partial charge in [-0.15, -0.1) is 23.2 Å². The third-order valence-corrected chi connectivity index (χ3v) is 7.18.